The van der Waals surface area contributed by atoms with E-state index in [4.69, 9.17) is 11.6 Å². The Kier molecular flexibility index (Phi) is 8.43. The fraction of sp³-hybridized carbons (Fsp3) is 0.519. The summed E-state index contributed by atoms with van der Waals surface area (Å²) in [6.07, 6.45) is 6.84. The molecule has 1 unspecified atom stereocenters. The topological polar surface area (TPSA) is 41.1 Å². The number of rotatable bonds is 9. The van der Waals surface area contributed by atoms with E-state index in [1.54, 1.807) is 0 Å². The Bertz CT molecular complexity index is 811. The molecular weight excluding hydrogens is 404 g/mol. The van der Waals surface area contributed by atoms with E-state index in [1.807, 2.05) is 30.3 Å². The summed E-state index contributed by atoms with van der Waals surface area (Å²) >= 11 is 6.01. The van der Waals surface area contributed by atoms with Gasteiger partial charge < -0.3 is 10.6 Å². The van der Waals surface area contributed by atoms with Gasteiger partial charge >= 0.3 is 0 Å². The maximum atomic E-state index is 12.7. The van der Waals surface area contributed by atoms with Gasteiger partial charge in [-0.05, 0) is 81.2 Å². The summed E-state index contributed by atoms with van der Waals surface area (Å²) in [6.45, 7) is 7.48. The quantitative estimate of drug-likeness (QED) is 0.439. The third kappa shape index (κ3) is 6.74. The molecule has 0 heterocycles. The molecule has 1 amide bonds. The van der Waals surface area contributed by atoms with E-state index in [1.165, 1.54) is 25.7 Å². The number of hydrogen-bond acceptors (Lipinski definition) is 2. The number of halogens is 1. The lowest BCUT2D eigenvalue weighted by atomic mass is 9.72. The van der Waals surface area contributed by atoms with Crippen LogP contribution in [-0.4, -0.2) is 18.0 Å². The Morgan fingerprint density at radius 3 is 2.29 bits per heavy atom. The first-order valence-corrected chi connectivity index (χ1v) is 12.1. The number of hydrogen-bond donors (Lipinski definition) is 2. The van der Waals surface area contributed by atoms with Crippen LogP contribution in [0.3, 0.4) is 0 Å². The molecule has 31 heavy (non-hydrogen) atoms. The van der Waals surface area contributed by atoms with Crippen LogP contribution in [0.4, 0.5) is 5.69 Å². The van der Waals surface area contributed by atoms with Crippen LogP contribution < -0.4 is 10.6 Å². The van der Waals surface area contributed by atoms with E-state index >= 15 is 0 Å². The zero-order valence-corrected chi connectivity index (χ0v) is 19.9. The molecule has 1 aliphatic carbocycles. The van der Waals surface area contributed by atoms with Gasteiger partial charge in [0.15, 0.2) is 0 Å². The first kappa shape index (κ1) is 23.7. The molecule has 3 nitrogen and oxygen atoms in total. The highest BCUT2D eigenvalue weighted by Crippen LogP contribution is 2.38. The van der Waals surface area contributed by atoms with Gasteiger partial charge in [0, 0.05) is 22.8 Å². The van der Waals surface area contributed by atoms with Gasteiger partial charge in [-0.1, -0.05) is 61.7 Å². The molecule has 2 aromatic rings. The summed E-state index contributed by atoms with van der Waals surface area (Å²) in [5.74, 6) is 1.48. The van der Waals surface area contributed by atoms with Crippen molar-refractivity contribution in [3.8, 4) is 0 Å². The van der Waals surface area contributed by atoms with Crippen LogP contribution in [0.1, 0.15) is 70.8 Å². The van der Waals surface area contributed by atoms with Gasteiger partial charge in [0.05, 0.1) is 5.92 Å². The SMILES string of the molecule is CCC(C(=O)NCCC1CCC(C(C)(C)Nc2ccc(Cl)cc2)CC1)c1ccccc1. The van der Waals surface area contributed by atoms with Gasteiger partial charge in [-0.15, -0.1) is 0 Å². The molecule has 4 heteroatoms. The normalized spacial score (nSPS) is 20.1. The number of anilines is 1. The van der Waals surface area contributed by atoms with Crippen LogP contribution in [0.25, 0.3) is 0 Å². The van der Waals surface area contributed by atoms with Crippen molar-refractivity contribution in [3.63, 3.8) is 0 Å². The van der Waals surface area contributed by atoms with E-state index in [0.717, 1.165) is 35.7 Å². The van der Waals surface area contributed by atoms with Crippen LogP contribution in [0.2, 0.25) is 5.02 Å². The Hall–Kier alpha value is -2.00. The second-order valence-corrected chi connectivity index (χ2v) is 9.96. The molecule has 0 bridgehead atoms. The highest BCUT2D eigenvalue weighted by Gasteiger charge is 2.33. The lowest BCUT2D eigenvalue weighted by molar-refractivity contribution is -0.122. The average Bonchev–Trinajstić information content (AvgIpc) is 2.77. The Labute approximate surface area is 193 Å². The third-order valence-corrected chi connectivity index (χ3v) is 7.21. The minimum atomic E-state index is -0.0447. The summed E-state index contributed by atoms with van der Waals surface area (Å²) in [7, 11) is 0. The van der Waals surface area contributed by atoms with Gasteiger partial charge in [-0.25, -0.2) is 0 Å². The molecule has 168 valence electrons. The lowest BCUT2D eigenvalue weighted by Gasteiger charge is -2.40. The van der Waals surface area contributed by atoms with Gasteiger partial charge in [0.1, 0.15) is 0 Å². The Morgan fingerprint density at radius 1 is 1.03 bits per heavy atom. The van der Waals surface area contributed by atoms with E-state index in [-0.39, 0.29) is 17.4 Å². The minimum Gasteiger partial charge on any atom is -0.380 e. The summed E-state index contributed by atoms with van der Waals surface area (Å²) < 4.78 is 0. The fourth-order valence-electron chi connectivity index (χ4n) is 4.96. The van der Waals surface area contributed by atoms with Gasteiger partial charge in [-0.3, -0.25) is 4.79 Å². The lowest BCUT2D eigenvalue weighted by Crippen LogP contribution is -2.41. The Balaban J connectivity index is 1.41. The van der Waals surface area contributed by atoms with Crippen LogP contribution in [-0.2, 0) is 4.79 Å². The largest absolute Gasteiger partial charge is 0.380 e. The van der Waals surface area contributed by atoms with Crippen molar-refractivity contribution < 1.29 is 4.79 Å². The molecule has 1 saturated carbocycles. The van der Waals surface area contributed by atoms with Crippen LogP contribution in [0.5, 0.6) is 0 Å². The molecule has 0 radical (unpaired) electrons. The molecule has 0 aliphatic heterocycles. The summed E-state index contributed by atoms with van der Waals surface area (Å²) in [5.41, 5.74) is 2.29. The molecule has 1 aliphatic rings. The maximum absolute atomic E-state index is 12.7. The summed E-state index contributed by atoms with van der Waals surface area (Å²) in [4.78, 5) is 12.7. The van der Waals surface area contributed by atoms with E-state index in [2.05, 4.69) is 55.7 Å². The number of benzene rings is 2. The van der Waals surface area contributed by atoms with E-state index < -0.39 is 0 Å². The number of nitrogens with one attached hydrogen (secondary N) is 2. The van der Waals surface area contributed by atoms with Crippen molar-refractivity contribution >= 4 is 23.2 Å². The average molecular weight is 441 g/mol. The zero-order valence-electron chi connectivity index (χ0n) is 19.2. The zero-order chi connectivity index (χ0) is 22.3. The maximum Gasteiger partial charge on any atom is 0.227 e. The van der Waals surface area contributed by atoms with Crippen LogP contribution in [0, 0.1) is 11.8 Å². The molecule has 0 aromatic heterocycles. The predicted molar refractivity (Wildman–Crippen MR) is 132 cm³/mol. The molecular formula is C27H37ClN2O. The minimum absolute atomic E-state index is 0.0447. The summed E-state index contributed by atoms with van der Waals surface area (Å²) in [5, 5.41) is 7.67. The fourth-order valence-corrected chi connectivity index (χ4v) is 5.09. The van der Waals surface area contributed by atoms with Crippen molar-refractivity contribution in [2.24, 2.45) is 11.8 Å². The predicted octanol–water partition coefficient (Wildman–Crippen LogP) is 7.04. The highest BCUT2D eigenvalue weighted by atomic mass is 35.5. The van der Waals surface area contributed by atoms with Crippen molar-refractivity contribution in [2.45, 2.75) is 70.8 Å². The second-order valence-electron chi connectivity index (χ2n) is 9.52. The van der Waals surface area contributed by atoms with Crippen LogP contribution in [0.15, 0.2) is 54.6 Å². The number of carbonyl (C=O) groups excluding carboxylic acids is 1. The van der Waals surface area contributed by atoms with Crippen molar-refractivity contribution in [1.29, 1.82) is 0 Å². The molecule has 1 fully saturated rings. The number of carbonyl (C=O) groups is 1. The first-order chi connectivity index (χ1) is 14.9. The third-order valence-electron chi connectivity index (χ3n) is 6.96. The van der Waals surface area contributed by atoms with Gasteiger partial charge in [0.25, 0.3) is 0 Å². The molecule has 0 spiro atoms. The molecule has 3 rings (SSSR count). The van der Waals surface area contributed by atoms with Crippen LogP contribution >= 0.6 is 11.6 Å². The van der Waals surface area contributed by atoms with Gasteiger partial charge in [-0.2, -0.15) is 0 Å². The second kappa shape index (κ2) is 11.0. The van der Waals surface area contributed by atoms with Crippen molar-refractivity contribution in [3.05, 3.63) is 65.2 Å². The van der Waals surface area contributed by atoms with E-state index in [9.17, 15) is 4.79 Å². The highest BCUT2D eigenvalue weighted by molar-refractivity contribution is 6.30. The van der Waals surface area contributed by atoms with Crippen molar-refractivity contribution in [2.75, 3.05) is 11.9 Å². The standard InChI is InChI=1S/C27H37ClN2O/c1-4-25(21-8-6-5-7-9-21)26(31)29-19-18-20-10-12-22(13-11-20)27(2,3)30-24-16-14-23(28)15-17-24/h5-9,14-17,20,22,25,30H,4,10-13,18-19H2,1-3H3,(H,29,31). The summed E-state index contributed by atoms with van der Waals surface area (Å²) in [6, 6.07) is 18.1. The Morgan fingerprint density at radius 2 is 1.68 bits per heavy atom. The van der Waals surface area contributed by atoms with Gasteiger partial charge in [0.2, 0.25) is 5.91 Å². The monoisotopic (exact) mass is 440 g/mol. The number of amides is 1. The molecule has 2 aromatic carbocycles. The molecule has 0 saturated heterocycles. The van der Waals surface area contributed by atoms with E-state index in [0.29, 0.717) is 11.8 Å². The first-order valence-electron chi connectivity index (χ1n) is 11.8. The molecule has 1 atom stereocenters. The smallest absolute Gasteiger partial charge is 0.227 e. The van der Waals surface area contributed by atoms with Crippen molar-refractivity contribution in [1.82, 2.24) is 5.32 Å². The molecule has 2 N–H and O–H groups in total.